The Morgan fingerprint density at radius 3 is 2.22 bits per heavy atom. The van der Waals surface area contributed by atoms with E-state index in [2.05, 4.69) is 24.5 Å². The zero-order chi connectivity index (χ0) is 27.3. The number of hydrogen-bond donors (Lipinski definition) is 2. The Balaban J connectivity index is 2.54. The molecule has 9 heteroatoms. The number of hydrogen-bond acceptors (Lipinski definition) is 7. The van der Waals surface area contributed by atoms with Gasteiger partial charge in [0.25, 0.3) is 0 Å². The predicted octanol–water partition coefficient (Wildman–Crippen LogP) is 4.08. The standard InChI is InChI=1S/C27H42N2O6S/c1-18(2)15-22(20-9-11-21(12-10-20)35-19(3)30)25(32)28-13-8-14-36-17-23(26(33)34-7)29-24(31)16-27(4,5)6/h9-12,18,22-23H,8,13-17H2,1-7H3,(H,28,32)(H,29,31)/t22-,23+/m1/s1. The Hall–Kier alpha value is -2.55. The Morgan fingerprint density at radius 2 is 1.69 bits per heavy atom. The van der Waals surface area contributed by atoms with Crippen LogP contribution in [0, 0.1) is 11.3 Å². The molecule has 0 saturated carbocycles. The van der Waals surface area contributed by atoms with Gasteiger partial charge in [-0.2, -0.15) is 11.8 Å². The van der Waals surface area contributed by atoms with Crippen LogP contribution in [-0.4, -0.2) is 55.0 Å². The third-order valence-corrected chi connectivity index (χ3v) is 6.28. The molecule has 0 bridgehead atoms. The second kappa shape index (κ2) is 15.5. The van der Waals surface area contributed by atoms with Gasteiger partial charge in [0, 0.05) is 25.6 Å². The van der Waals surface area contributed by atoms with Crippen molar-refractivity contribution in [2.24, 2.45) is 11.3 Å². The number of ether oxygens (including phenoxy) is 2. The molecule has 1 aromatic rings. The van der Waals surface area contributed by atoms with E-state index in [1.165, 1.54) is 25.8 Å². The first-order chi connectivity index (χ1) is 16.8. The van der Waals surface area contributed by atoms with Crippen molar-refractivity contribution < 1.29 is 28.7 Å². The van der Waals surface area contributed by atoms with Crippen LogP contribution in [0.2, 0.25) is 0 Å². The van der Waals surface area contributed by atoms with E-state index in [9.17, 15) is 19.2 Å². The minimum Gasteiger partial charge on any atom is -0.467 e. The molecule has 0 unspecified atom stereocenters. The van der Waals surface area contributed by atoms with Crippen molar-refractivity contribution in [2.45, 2.75) is 72.8 Å². The molecule has 2 amide bonds. The average Bonchev–Trinajstić information content (AvgIpc) is 2.77. The highest BCUT2D eigenvalue weighted by Crippen LogP contribution is 2.26. The van der Waals surface area contributed by atoms with Gasteiger partial charge in [0.1, 0.15) is 11.8 Å². The molecule has 36 heavy (non-hydrogen) atoms. The van der Waals surface area contributed by atoms with Gasteiger partial charge in [0.15, 0.2) is 0 Å². The first-order valence-corrected chi connectivity index (χ1v) is 13.5. The summed E-state index contributed by atoms with van der Waals surface area (Å²) in [7, 11) is 1.31. The normalized spacial score (nSPS) is 13.0. The molecule has 0 fully saturated rings. The highest BCUT2D eigenvalue weighted by atomic mass is 32.2. The van der Waals surface area contributed by atoms with E-state index in [-0.39, 0.29) is 29.1 Å². The van der Waals surface area contributed by atoms with Gasteiger partial charge in [-0.3, -0.25) is 14.4 Å². The largest absolute Gasteiger partial charge is 0.467 e. The van der Waals surface area contributed by atoms with Gasteiger partial charge in [-0.05, 0) is 47.6 Å². The molecule has 0 aliphatic carbocycles. The summed E-state index contributed by atoms with van der Waals surface area (Å²) < 4.78 is 9.91. The second-order valence-electron chi connectivity index (χ2n) is 10.4. The van der Waals surface area contributed by atoms with Gasteiger partial charge in [0.05, 0.1) is 13.0 Å². The fourth-order valence-corrected chi connectivity index (χ4v) is 4.52. The maximum atomic E-state index is 12.9. The lowest BCUT2D eigenvalue weighted by Crippen LogP contribution is -2.44. The third kappa shape index (κ3) is 13.0. The minimum atomic E-state index is -0.699. The molecule has 2 N–H and O–H groups in total. The molecule has 0 radical (unpaired) electrons. The number of rotatable bonds is 14. The Bertz CT molecular complexity index is 864. The van der Waals surface area contributed by atoms with Crippen molar-refractivity contribution in [1.82, 2.24) is 10.6 Å². The number of nitrogens with one attached hydrogen (secondary N) is 2. The van der Waals surface area contributed by atoms with Crippen molar-refractivity contribution >= 4 is 35.5 Å². The van der Waals surface area contributed by atoms with E-state index in [0.717, 1.165) is 17.7 Å². The third-order valence-electron chi connectivity index (χ3n) is 5.13. The average molecular weight is 523 g/mol. The molecule has 0 saturated heterocycles. The van der Waals surface area contributed by atoms with Crippen molar-refractivity contribution in [2.75, 3.05) is 25.2 Å². The van der Waals surface area contributed by atoms with E-state index in [4.69, 9.17) is 9.47 Å². The maximum absolute atomic E-state index is 12.9. The minimum absolute atomic E-state index is 0.0455. The van der Waals surface area contributed by atoms with Crippen LogP contribution in [-0.2, 0) is 23.9 Å². The van der Waals surface area contributed by atoms with E-state index in [1.807, 2.05) is 32.9 Å². The molecule has 0 aliphatic heterocycles. The second-order valence-corrected chi connectivity index (χ2v) is 11.6. The van der Waals surface area contributed by atoms with Gasteiger partial charge in [-0.15, -0.1) is 0 Å². The van der Waals surface area contributed by atoms with Crippen molar-refractivity contribution in [3.8, 4) is 5.75 Å². The maximum Gasteiger partial charge on any atom is 0.329 e. The number of carbonyl (C=O) groups excluding carboxylic acids is 4. The number of methoxy groups -OCH3 is 1. The molecular formula is C27H42N2O6S. The fourth-order valence-electron chi connectivity index (χ4n) is 3.55. The van der Waals surface area contributed by atoms with Crippen LogP contribution in [0.4, 0.5) is 0 Å². The molecule has 0 spiro atoms. The Morgan fingerprint density at radius 1 is 1.06 bits per heavy atom. The fraction of sp³-hybridized carbons (Fsp3) is 0.630. The summed E-state index contributed by atoms with van der Waals surface area (Å²) in [5.74, 6) is 0.525. The number of thioether (sulfide) groups is 1. The van der Waals surface area contributed by atoms with Crippen LogP contribution in [0.25, 0.3) is 0 Å². The van der Waals surface area contributed by atoms with Crippen molar-refractivity contribution in [1.29, 1.82) is 0 Å². The molecule has 1 aromatic carbocycles. The van der Waals surface area contributed by atoms with Crippen LogP contribution in [0.3, 0.4) is 0 Å². The number of benzene rings is 1. The Labute approximate surface area is 219 Å². The van der Waals surface area contributed by atoms with Crippen LogP contribution in [0.15, 0.2) is 24.3 Å². The first kappa shape index (κ1) is 31.5. The number of amides is 2. The van der Waals surface area contributed by atoms with Crippen LogP contribution >= 0.6 is 11.8 Å². The molecule has 0 aliphatic rings. The predicted molar refractivity (Wildman–Crippen MR) is 143 cm³/mol. The SMILES string of the molecule is COC(=O)[C@H](CSCCCNC(=O)[C@H](CC(C)C)c1ccc(OC(C)=O)cc1)NC(=O)CC(C)(C)C. The highest BCUT2D eigenvalue weighted by Gasteiger charge is 2.24. The summed E-state index contributed by atoms with van der Waals surface area (Å²) in [5.41, 5.74) is 0.701. The number of esters is 2. The smallest absolute Gasteiger partial charge is 0.329 e. The summed E-state index contributed by atoms with van der Waals surface area (Å²) in [6.45, 7) is 11.9. The molecule has 1 rings (SSSR count). The topological polar surface area (TPSA) is 111 Å². The van der Waals surface area contributed by atoms with Gasteiger partial charge < -0.3 is 20.1 Å². The van der Waals surface area contributed by atoms with Gasteiger partial charge in [-0.1, -0.05) is 46.8 Å². The van der Waals surface area contributed by atoms with Crippen LogP contribution in [0.5, 0.6) is 5.75 Å². The molecule has 0 aromatic heterocycles. The summed E-state index contributed by atoms with van der Waals surface area (Å²) in [6, 6.07) is 6.34. The van der Waals surface area contributed by atoms with E-state index < -0.39 is 12.0 Å². The van der Waals surface area contributed by atoms with E-state index >= 15 is 0 Å². The monoisotopic (exact) mass is 522 g/mol. The van der Waals surface area contributed by atoms with Crippen molar-refractivity contribution in [3.05, 3.63) is 29.8 Å². The van der Waals surface area contributed by atoms with Gasteiger partial charge >= 0.3 is 11.9 Å². The molecule has 0 heterocycles. The quantitative estimate of drug-likeness (QED) is 0.215. The van der Waals surface area contributed by atoms with Gasteiger partial charge in [0.2, 0.25) is 11.8 Å². The van der Waals surface area contributed by atoms with Crippen LogP contribution in [0.1, 0.15) is 72.3 Å². The summed E-state index contributed by atoms with van der Waals surface area (Å²) >= 11 is 1.53. The molecule has 2 atom stereocenters. The molecular weight excluding hydrogens is 480 g/mol. The summed E-state index contributed by atoms with van der Waals surface area (Å²) in [6.07, 6.45) is 1.74. The zero-order valence-corrected chi connectivity index (χ0v) is 23.5. The highest BCUT2D eigenvalue weighted by molar-refractivity contribution is 7.99. The zero-order valence-electron chi connectivity index (χ0n) is 22.6. The lowest BCUT2D eigenvalue weighted by atomic mass is 9.89. The summed E-state index contributed by atoms with van der Waals surface area (Å²) in [5, 5.41) is 5.78. The van der Waals surface area contributed by atoms with Crippen molar-refractivity contribution in [3.63, 3.8) is 0 Å². The number of carbonyl (C=O) groups is 4. The van der Waals surface area contributed by atoms with E-state index in [1.54, 1.807) is 12.1 Å². The lowest BCUT2D eigenvalue weighted by molar-refractivity contribution is -0.144. The molecule has 202 valence electrons. The van der Waals surface area contributed by atoms with E-state index in [0.29, 0.717) is 36.8 Å². The molecule has 8 nitrogen and oxygen atoms in total. The first-order valence-electron chi connectivity index (χ1n) is 12.3. The Kier molecular flexibility index (Phi) is 13.6. The van der Waals surface area contributed by atoms with Gasteiger partial charge in [-0.25, -0.2) is 4.79 Å². The lowest BCUT2D eigenvalue weighted by Gasteiger charge is -2.21. The summed E-state index contributed by atoms with van der Waals surface area (Å²) in [4.78, 5) is 48.4. The van der Waals surface area contributed by atoms with Crippen LogP contribution < -0.4 is 15.4 Å².